The van der Waals surface area contributed by atoms with E-state index in [9.17, 15) is 9.59 Å². The number of para-hydroxylation sites is 1. The molecule has 1 aliphatic heterocycles. The summed E-state index contributed by atoms with van der Waals surface area (Å²) in [7, 11) is 0. The van der Waals surface area contributed by atoms with Crippen LogP contribution in [0.2, 0.25) is 0 Å². The number of benzene rings is 2. The predicted octanol–water partition coefficient (Wildman–Crippen LogP) is 1.93. The molecule has 7 nitrogen and oxygen atoms in total. The van der Waals surface area contributed by atoms with Gasteiger partial charge in [0.05, 0.1) is 12.0 Å². The molecule has 3 rings (SSSR count). The van der Waals surface area contributed by atoms with Gasteiger partial charge in [-0.2, -0.15) is 5.10 Å². The van der Waals surface area contributed by atoms with Gasteiger partial charge in [-0.15, -0.1) is 5.10 Å². The molecular weight excluding hydrogens is 364 g/mol. The average Bonchev–Trinajstić information content (AvgIpc) is 3.11. The van der Waals surface area contributed by atoms with E-state index in [0.29, 0.717) is 28.8 Å². The third-order valence-corrected chi connectivity index (χ3v) is 4.41. The third kappa shape index (κ3) is 5.96. The van der Waals surface area contributed by atoms with Gasteiger partial charge in [-0.1, -0.05) is 54.2 Å². The molecule has 0 aromatic heterocycles. The van der Waals surface area contributed by atoms with Crippen molar-refractivity contribution < 1.29 is 14.3 Å². The van der Waals surface area contributed by atoms with Crippen LogP contribution in [0.5, 0.6) is 5.75 Å². The van der Waals surface area contributed by atoms with Crippen LogP contribution in [-0.4, -0.2) is 35.6 Å². The number of amides is 2. The number of amidine groups is 1. The predicted molar refractivity (Wildman–Crippen MR) is 106 cm³/mol. The zero-order valence-corrected chi connectivity index (χ0v) is 15.2. The fourth-order valence-electron chi connectivity index (χ4n) is 2.23. The first kappa shape index (κ1) is 18.7. The van der Waals surface area contributed by atoms with E-state index in [2.05, 4.69) is 20.8 Å². The first-order valence-electron chi connectivity index (χ1n) is 8.27. The third-order valence-electron chi connectivity index (χ3n) is 3.54. The second-order valence-corrected chi connectivity index (χ2v) is 6.54. The van der Waals surface area contributed by atoms with Gasteiger partial charge >= 0.3 is 0 Å². The number of rotatable bonds is 7. The van der Waals surface area contributed by atoms with Gasteiger partial charge in [-0.3, -0.25) is 9.59 Å². The molecule has 1 saturated heterocycles. The molecule has 27 heavy (non-hydrogen) atoms. The average molecular weight is 382 g/mol. The number of hydrogen-bond acceptors (Lipinski definition) is 6. The summed E-state index contributed by atoms with van der Waals surface area (Å²) in [6, 6.07) is 16.9. The number of nitrogens with one attached hydrogen (secondary N) is 2. The van der Waals surface area contributed by atoms with Crippen LogP contribution in [0.4, 0.5) is 0 Å². The summed E-state index contributed by atoms with van der Waals surface area (Å²) in [5.41, 5.74) is 1.71. The molecule has 1 heterocycles. The summed E-state index contributed by atoms with van der Waals surface area (Å²) in [5.74, 6) is 0.584. The van der Waals surface area contributed by atoms with E-state index in [1.807, 2.05) is 42.5 Å². The maximum atomic E-state index is 12.0. The lowest BCUT2D eigenvalue weighted by Crippen LogP contribution is -2.28. The zero-order chi connectivity index (χ0) is 18.9. The van der Waals surface area contributed by atoms with Gasteiger partial charge in [0.25, 0.3) is 5.91 Å². The lowest BCUT2D eigenvalue weighted by Gasteiger charge is -2.09. The Morgan fingerprint density at radius 1 is 1.19 bits per heavy atom. The summed E-state index contributed by atoms with van der Waals surface area (Å²) in [4.78, 5) is 23.1. The first-order valence-corrected chi connectivity index (χ1v) is 9.25. The molecule has 2 aromatic rings. The largest absolute Gasteiger partial charge is 0.483 e. The second kappa shape index (κ2) is 9.54. The van der Waals surface area contributed by atoms with Crippen molar-refractivity contribution in [1.29, 1.82) is 0 Å². The van der Waals surface area contributed by atoms with Crippen LogP contribution in [0.3, 0.4) is 0 Å². The van der Waals surface area contributed by atoms with Gasteiger partial charge in [0, 0.05) is 12.1 Å². The molecule has 0 atom stereocenters. The molecule has 138 valence electrons. The molecular formula is C19H18N4O3S. The smallest absolute Gasteiger partial charge is 0.258 e. The molecule has 2 aromatic carbocycles. The fraction of sp³-hybridized carbons (Fsp3) is 0.158. The minimum Gasteiger partial charge on any atom is -0.483 e. The van der Waals surface area contributed by atoms with Crippen LogP contribution in [0.15, 0.2) is 64.8 Å². The van der Waals surface area contributed by atoms with Crippen molar-refractivity contribution in [2.75, 3.05) is 12.4 Å². The summed E-state index contributed by atoms with van der Waals surface area (Å²) >= 11 is 1.30. The maximum absolute atomic E-state index is 12.0. The summed E-state index contributed by atoms with van der Waals surface area (Å²) in [6.45, 7) is 0.352. The number of thioether (sulfide) groups is 1. The SMILES string of the molecule is O=C(COc1ccccc1C=NN=C1NC(=O)CS1)NCc1ccccc1. The Morgan fingerprint density at radius 3 is 2.74 bits per heavy atom. The number of hydrogen-bond donors (Lipinski definition) is 2. The zero-order valence-electron chi connectivity index (χ0n) is 14.4. The molecule has 0 unspecified atom stereocenters. The van der Waals surface area contributed by atoms with Gasteiger partial charge in [0.1, 0.15) is 5.75 Å². The van der Waals surface area contributed by atoms with Crippen LogP contribution < -0.4 is 15.4 Å². The highest BCUT2D eigenvalue weighted by Crippen LogP contribution is 2.16. The normalized spacial score (nSPS) is 15.1. The molecule has 0 spiro atoms. The van der Waals surface area contributed by atoms with Gasteiger partial charge in [0.15, 0.2) is 11.8 Å². The summed E-state index contributed by atoms with van der Waals surface area (Å²) in [6.07, 6.45) is 1.52. The van der Waals surface area contributed by atoms with Gasteiger partial charge < -0.3 is 15.4 Å². The lowest BCUT2D eigenvalue weighted by molar-refractivity contribution is -0.123. The molecule has 0 aliphatic carbocycles. The standard InChI is InChI=1S/C19H18N4O3S/c24-17(20-10-14-6-2-1-3-7-14)12-26-16-9-5-4-8-15(16)11-21-23-19-22-18(25)13-27-19/h1-9,11H,10,12-13H2,(H,20,24)(H,22,23,25). The molecule has 1 fully saturated rings. The number of carbonyl (C=O) groups is 2. The van der Waals surface area contributed by atoms with E-state index >= 15 is 0 Å². The van der Waals surface area contributed by atoms with Crippen LogP contribution in [0, 0.1) is 0 Å². The quantitative estimate of drug-likeness (QED) is 0.565. The van der Waals surface area contributed by atoms with Crippen molar-refractivity contribution in [3.8, 4) is 5.75 Å². The highest BCUT2D eigenvalue weighted by atomic mass is 32.2. The highest BCUT2D eigenvalue weighted by Gasteiger charge is 2.16. The van der Waals surface area contributed by atoms with E-state index < -0.39 is 0 Å². The van der Waals surface area contributed by atoms with E-state index in [0.717, 1.165) is 5.56 Å². The Bertz CT molecular complexity index is 868. The minimum absolute atomic E-state index is 0.0841. The van der Waals surface area contributed by atoms with Crippen molar-refractivity contribution in [3.05, 3.63) is 65.7 Å². The van der Waals surface area contributed by atoms with Crippen LogP contribution >= 0.6 is 11.8 Å². The molecule has 2 N–H and O–H groups in total. The molecule has 2 amide bonds. The van der Waals surface area contributed by atoms with Crippen molar-refractivity contribution in [3.63, 3.8) is 0 Å². The maximum Gasteiger partial charge on any atom is 0.258 e. The van der Waals surface area contributed by atoms with E-state index in [-0.39, 0.29) is 18.4 Å². The van der Waals surface area contributed by atoms with Crippen molar-refractivity contribution in [1.82, 2.24) is 10.6 Å². The van der Waals surface area contributed by atoms with Gasteiger partial charge in [-0.05, 0) is 17.7 Å². The lowest BCUT2D eigenvalue weighted by atomic mass is 10.2. The number of ether oxygens (including phenoxy) is 1. The molecule has 0 saturated carbocycles. The van der Waals surface area contributed by atoms with Crippen molar-refractivity contribution in [2.24, 2.45) is 10.2 Å². The van der Waals surface area contributed by atoms with E-state index in [4.69, 9.17) is 4.74 Å². The number of carbonyl (C=O) groups excluding carboxylic acids is 2. The van der Waals surface area contributed by atoms with Crippen LogP contribution in [0.25, 0.3) is 0 Å². The van der Waals surface area contributed by atoms with Crippen molar-refractivity contribution >= 4 is 35.0 Å². The van der Waals surface area contributed by atoms with E-state index in [1.54, 1.807) is 12.1 Å². The minimum atomic E-state index is -0.212. The Hall–Kier alpha value is -3.13. The topological polar surface area (TPSA) is 92.2 Å². The van der Waals surface area contributed by atoms with E-state index in [1.165, 1.54) is 18.0 Å². The van der Waals surface area contributed by atoms with Crippen molar-refractivity contribution in [2.45, 2.75) is 6.54 Å². The van der Waals surface area contributed by atoms with Crippen LogP contribution in [0.1, 0.15) is 11.1 Å². The van der Waals surface area contributed by atoms with Gasteiger partial charge in [-0.25, -0.2) is 0 Å². The highest BCUT2D eigenvalue weighted by molar-refractivity contribution is 8.15. The molecule has 0 radical (unpaired) electrons. The first-order chi connectivity index (χ1) is 13.2. The summed E-state index contributed by atoms with van der Waals surface area (Å²) < 4.78 is 5.60. The molecule has 0 bridgehead atoms. The monoisotopic (exact) mass is 382 g/mol. The fourth-order valence-corrected chi connectivity index (χ4v) is 2.86. The van der Waals surface area contributed by atoms with Gasteiger partial charge in [0.2, 0.25) is 5.91 Å². The second-order valence-electron chi connectivity index (χ2n) is 5.58. The Morgan fingerprint density at radius 2 is 1.96 bits per heavy atom. The molecule has 1 aliphatic rings. The van der Waals surface area contributed by atoms with Crippen LogP contribution in [-0.2, 0) is 16.1 Å². The Kier molecular flexibility index (Phi) is 6.59. The summed E-state index contributed by atoms with van der Waals surface area (Å²) in [5, 5.41) is 13.8. The Balaban J connectivity index is 1.52. The molecule has 8 heteroatoms. The Labute approximate surface area is 160 Å². The number of nitrogens with zero attached hydrogens (tertiary/aromatic N) is 2.